The van der Waals surface area contributed by atoms with Crippen molar-refractivity contribution in [1.29, 1.82) is 0 Å². The summed E-state index contributed by atoms with van der Waals surface area (Å²) in [6, 6.07) is 20.6. The first-order valence-electron chi connectivity index (χ1n) is 14.6. The smallest absolute Gasteiger partial charge is 0.744 e. The second kappa shape index (κ2) is 12.7. The van der Waals surface area contributed by atoms with Gasteiger partial charge >= 0.3 is 35.6 Å². The summed E-state index contributed by atoms with van der Waals surface area (Å²) in [5.41, 5.74) is 5.00. The monoisotopic (exact) mass is 683 g/mol. The maximum atomic E-state index is 14.0. The number of hydrogen-bond donors (Lipinski definition) is 4. The minimum absolute atomic E-state index is 0. The number of ketones is 1. The average Bonchev–Trinajstić information content (AvgIpc) is 3.03. The Balaban J connectivity index is 0.00000417. The Morgan fingerprint density at radius 3 is 2.20 bits per heavy atom. The minimum Gasteiger partial charge on any atom is -0.744 e. The van der Waals surface area contributed by atoms with Gasteiger partial charge in [0.05, 0.1) is 27.4 Å². The Kier molecular flexibility index (Phi) is 8.77. The molecule has 1 aliphatic rings. The van der Waals surface area contributed by atoms with E-state index in [1.54, 1.807) is 43.4 Å². The summed E-state index contributed by atoms with van der Waals surface area (Å²) in [5.74, 6) is -0.359. The summed E-state index contributed by atoms with van der Waals surface area (Å²) < 4.78 is 38.6. The molecular weight excluding hydrogens is 657 g/mol. The van der Waals surface area contributed by atoms with Crippen molar-refractivity contribution in [1.82, 2.24) is 19.5 Å². The molecular formula is C34H26N7NaO6S. The van der Waals surface area contributed by atoms with Crippen molar-refractivity contribution >= 4 is 61.5 Å². The predicted molar refractivity (Wildman–Crippen MR) is 180 cm³/mol. The van der Waals surface area contributed by atoms with Crippen LogP contribution in [0.25, 0.3) is 22.0 Å². The zero-order chi connectivity index (χ0) is 33.9. The van der Waals surface area contributed by atoms with Crippen LogP contribution in [0.4, 0.5) is 34.6 Å². The summed E-state index contributed by atoms with van der Waals surface area (Å²) in [4.78, 5) is 38.4. The minimum atomic E-state index is -4.99. The van der Waals surface area contributed by atoms with Crippen LogP contribution in [-0.2, 0) is 17.2 Å². The number of fused-ring (bicyclic) bond motifs is 2. The molecule has 49 heavy (non-hydrogen) atoms. The number of aryl methyl sites for hydroxylation is 3. The molecule has 13 nitrogen and oxygen atoms in total. The SMILES string of the molecule is Cc1ccc(C)c(Nc2nc(O)nc(Nc3ccc(S(=O)(=O)[O-])c(Nc4ccc5c6c(cc(=O)n5C)-c5ccccc5C(=O)c46)c3)n2)c1.[Na+]. The van der Waals surface area contributed by atoms with Gasteiger partial charge in [-0.25, -0.2) is 8.42 Å². The first-order chi connectivity index (χ1) is 22.9. The van der Waals surface area contributed by atoms with Crippen LogP contribution in [0, 0.1) is 13.8 Å². The van der Waals surface area contributed by atoms with E-state index >= 15 is 0 Å². The van der Waals surface area contributed by atoms with Crippen molar-refractivity contribution in [3.63, 3.8) is 0 Å². The summed E-state index contributed by atoms with van der Waals surface area (Å²) in [7, 11) is -3.39. The topological polar surface area (TPSA) is 191 Å². The van der Waals surface area contributed by atoms with Gasteiger partial charge in [-0.1, -0.05) is 36.4 Å². The molecule has 7 rings (SSSR count). The van der Waals surface area contributed by atoms with E-state index in [2.05, 4.69) is 30.9 Å². The standard InChI is InChI=1S/C34H27N7O6S.Na/c1-17-8-9-18(2)24(14-17)37-33-38-32(39-34(44)40-33)35-19-10-13-27(48(45,46)47)25(15-19)36-23-11-12-26-29-22(16-28(42)41(26)3)20-6-4-5-7-21(20)31(43)30(23)29;/h4-16,36H,1-3H3,(H,45,46,47)(H3,35,37,38,39,40,44);/q;+1/p-1. The number of carbonyl (C=O) groups excluding carboxylic acids is 1. The van der Waals surface area contributed by atoms with Gasteiger partial charge in [-0.2, -0.15) is 15.0 Å². The van der Waals surface area contributed by atoms with Gasteiger partial charge in [-0.05, 0) is 72.5 Å². The third-order valence-corrected chi connectivity index (χ3v) is 9.03. The number of pyridine rings is 1. The molecule has 0 fully saturated rings. The van der Waals surface area contributed by atoms with E-state index in [4.69, 9.17) is 0 Å². The van der Waals surface area contributed by atoms with Crippen LogP contribution in [0.2, 0.25) is 0 Å². The van der Waals surface area contributed by atoms with Gasteiger partial charge < -0.3 is 30.2 Å². The van der Waals surface area contributed by atoms with Gasteiger partial charge in [-0.3, -0.25) is 9.59 Å². The number of nitrogens with one attached hydrogen (secondary N) is 3. The molecule has 0 radical (unpaired) electrons. The van der Waals surface area contributed by atoms with E-state index in [0.717, 1.165) is 22.9 Å². The molecule has 15 heteroatoms. The van der Waals surface area contributed by atoms with E-state index in [-0.39, 0.29) is 75.4 Å². The molecule has 1 aliphatic carbocycles. The predicted octanol–water partition coefficient (Wildman–Crippen LogP) is 2.40. The van der Waals surface area contributed by atoms with Crippen molar-refractivity contribution in [2.45, 2.75) is 18.7 Å². The Morgan fingerprint density at radius 1 is 0.755 bits per heavy atom. The van der Waals surface area contributed by atoms with Gasteiger partial charge in [0.1, 0.15) is 10.1 Å². The number of hydrogen-bond acceptors (Lipinski definition) is 12. The number of anilines is 6. The van der Waals surface area contributed by atoms with Crippen molar-refractivity contribution in [3.8, 4) is 17.1 Å². The van der Waals surface area contributed by atoms with Crippen molar-refractivity contribution in [2.75, 3.05) is 16.0 Å². The Labute approximate surface area is 302 Å². The van der Waals surface area contributed by atoms with Crippen LogP contribution in [0.5, 0.6) is 6.01 Å². The van der Waals surface area contributed by atoms with Crippen LogP contribution in [0.1, 0.15) is 27.0 Å². The fraction of sp³-hybridized carbons (Fsp3) is 0.0882. The molecule has 0 atom stereocenters. The molecule has 0 bridgehead atoms. The largest absolute Gasteiger partial charge is 1.00 e. The second-order valence-corrected chi connectivity index (χ2v) is 12.7. The van der Waals surface area contributed by atoms with Crippen LogP contribution in [0.15, 0.2) is 88.6 Å². The number of aromatic hydroxyl groups is 1. The molecule has 240 valence electrons. The van der Waals surface area contributed by atoms with E-state index in [0.29, 0.717) is 27.6 Å². The molecule has 0 saturated heterocycles. The van der Waals surface area contributed by atoms with Gasteiger partial charge in [-0.15, -0.1) is 0 Å². The zero-order valence-corrected chi connectivity index (χ0v) is 29.5. The molecule has 4 N–H and O–H groups in total. The fourth-order valence-corrected chi connectivity index (χ4v) is 6.44. The van der Waals surface area contributed by atoms with Crippen molar-refractivity contribution < 1.29 is 52.4 Å². The van der Waals surface area contributed by atoms with Crippen molar-refractivity contribution in [3.05, 3.63) is 111 Å². The summed E-state index contributed by atoms with van der Waals surface area (Å²) >= 11 is 0. The Hall–Kier alpha value is -5.12. The summed E-state index contributed by atoms with van der Waals surface area (Å²) in [5, 5.41) is 19.7. The Bertz CT molecular complexity index is 2520. The number of nitrogens with zero attached hydrogens (tertiary/aromatic N) is 4. The molecule has 4 aromatic carbocycles. The van der Waals surface area contributed by atoms with E-state index in [1.165, 1.54) is 22.8 Å². The summed E-state index contributed by atoms with van der Waals surface area (Å²) in [6.45, 7) is 3.84. The second-order valence-electron chi connectivity index (χ2n) is 11.4. The Morgan fingerprint density at radius 2 is 1.47 bits per heavy atom. The van der Waals surface area contributed by atoms with Gasteiger partial charge in [0.25, 0.3) is 5.56 Å². The first-order valence-corrected chi connectivity index (χ1v) is 16.0. The normalized spacial score (nSPS) is 11.9. The molecule has 2 aromatic heterocycles. The third-order valence-electron chi connectivity index (χ3n) is 8.14. The summed E-state index contributed by atoms with van der Waals surface area (Å²) in [6.07, 6.45) is 0. The van der Waals surface area contributed by atoms with E-state index < -0.39 is 21.0 Å². The average molecular weight is 684 g/mol. The first kappa shape index (κ1) is 33.8. The molecule has 2 heterocycles. The molecule has 0 saturated carbocycles. The van der Waals surface area contributed by atoms with Gasteiger partial charge in [0.15, 0.2) is 5.78 Å². The molecule has 0 aliphatic heterocycles. The zero-order valence-electron chi connectivity index (χ0n) is 26.7. The number of rotatable bonds is 7. The fourth-order valence-electron chi connectivity index (χ4n) is 5.82. The maximum absolute atomic E-state index is 14.0. The number of benzene rings is 4. The van der Waals surface area contributed by atoms with Crippen molar-refractivity contribution in [2.24, 2.45) is 7.05 Å². The molecule has 6 aromatic rings. The third kappa shape index (κ3) is 6.27. The van der Waals surface area contributed by atoms with Crippen LogP contribution in [-0.4, -0.2) is 43.4 Å². The molecule has 0 spiro atoms. The van der Waals surface area contributed by atoms with Gasteiger partial charge in [0.2, 0.25) is 11.9 Å². The number of aromatic nitrogens is 4. The molecule has 0 unspecified atom stereocenters. The maximum Gasteiger partial charge on any atom is 1.00 e. The van der Waals surface area contributed by atoms with Crippen LogP contribution < -0.4 is 51.1 Å². The van der Waals surface area contributed by atoms with Crippen LogP contribution >= 0.6 is 0 Å². The molecule has 0 amide bonds. The van der Waals surface area contributed by atoms with E-state index in [1.807, 2.05) is 32.0 Å². The van der Waals surface area contributed by atoms with E-state index in [9.17, 15) is 27.7 Å². The van der Waals surface area contributed by atoms with Crippen LogP contribution in [0.3, 0.4) is 0 Å². The van der Waals surface area contributed by atoms with Gasteiger partial charge in [0, 0.05) is 35.4 Å². The number of carbonyl (C=O) groups is 1. The quantitative estimate of drug-likeness (QED) is 0.142.